The van der Waals surface area contributed by atoms with Gasteiger partial charge in [0.15, 0.2) is 11.5 Å². The van der Waals surface area contributed by atoms with Gasteiger partial charge < -0.3 is 10.2 Å². The van der Waals surface area contributed by atoms with Gasteiger partial charge in [0.2, 0.25) is 5.95 Å². The van der Waals surface area contributed by atoms with Crippen molar-refractivity contribution in [2.75, 3.05) is 23.3 Å². The van der Waals surface area contributed by atoms with Crippen molar-refractivity contribution in [3.63, 3.8) is 0 Å². The van der Waals surface area contributed by atoms with Gasteiger partial charge in [0.1, 0.15) is 5.82 Å². The first-order chi connectivity index (χ1) is 13.7. The number of aromatic nitrogens is 4. The van der Waals surface area contributed by atoms with Crippen LogP contribution < -0.4 is 15.9 Å². The molecule has 0 aliphatic carbocycles. The van der Waals surface area contributed by atoms with Crippen LogP contribution in [0, 0.1) is 0 Å². The third-order valence-corrected chi connectivity index (χ3v) is 5.75. The van der Waals surface area contributed by atoms with Gasteiger partial charge in [-0.3, -0.25) is 9.13 Å². The van der Waals surface area contributed by atoms with E-state index < -0.39 is 0 Å². The van der Waals surface area contributed by atoms with Gasteiger partial charge in [0, 0.05) is 32.2 Å². The topological polar surface area (TPSA) is 68.0 Å². The number of hydrogen-bond donors (Lipinski definition) is 1. The number of fused-ring (bicyclic) bond motifs is 3. The molecule has 1 fully saturated rings. The Balaban J connectivity index is 0.00000205. The van der Waals surface area contributed by atoms with Crippen molar-refractivity contribution in [1.29, 1.82) is 0 Å². The van der Waals surface area contributed by atoms with E-state index in [-0.39, 0.29) is 24.1 Å². The summed E-state index contributed by atoms with van der Waals surface area (Å²) in [6, 6.07) is 10.6. The van der Waals surface area contributed by atoms with Gasteiger partial charge in [-0.2, -0.15) is 4.98 Å². The van der Waals surface area contributed by atoms with Crippen LogP contribution in [0.2, 0.25) is 0 Å². The van der Waals surface area contributed by atoms with Crippen molar-refractivity contribution in [3.8, 4) is 11.5 Å². The van der Waals surface area contributed by atoms with Gasteiger partial charge in [0.25, 0.3) is 0 Å². The molecular weight excluding hydrogens is 388 g/mol. The minimum absolute atomic E-state index is 0. The number of imidazole rings is 1. The van der Waals surface area contributed by atoms with Crippen molar-refractivity contribution in [2.45, 2.75) is 51.7 Å². The molecule has 0 amide bonds. The summed E-state index contributed by atoms with van der Waals surface area (Å²) in [5, 5.41) is 3.57. The quantitative estimate of drug-likeness (QED) is 0.695. The second kappa shape index (κ2) is 8.06. The Morgan fingerprint density at radius 1 is 1.14 bits per heavy atom. The second-order valence-electron chi connectivity index (χ2n) is 7.81. The number of halogens is 1. The molecule has 8 heteroatoms. The lowest BCUT2D eigenvalue weighted by molar-refractivity contribution is 0.560. The summed E-state index contributed by atoms with van der Waals surface area (Å²) in [5.74, 6) is 2.30. The number of nitrogens with zero attached hydrogens (tertiary/aromatic N) is 5. The van der Waals surface area contributed by atoms with Crippen LogP contribution in [0.15, 0.2) is 35.1 Å². The summed E-state index contributed by atoms with van der Waals surface area (Å²) in [4.78, 5) is 25.1. The minimum atomic E-state index is 0. The van der Waals surface area contributed by atoms with Crippen LogP contribution in [0.25, 0.3) is 11.5 Å². The van der Waals surface area contributed by atoms with E-state index in [2.05, 4.69) is 41.4 Å². The molecule has 1 saturated heterocycles. The summed E-state index contributed by atoms with van der Waals surface area (Å²) >= 11 is 0. The van der Waals surface area contributed by atoms with Gasteiger partial charge in [-0.25, -0.2) is 9.78 Å². The Labute approximate surface area is 176 Å². The monoisotopic (exact) mass is 414 g/mol. The lowest BCUT2D eigenvalue weighted by atomic mass is 10.1. The smallest absolute Gasteiger partial charge is 0.331 e. The van der Waals surface area contributed by atoms with E-state index in [9.17, 15) is 4.79 Å². The highest BCUT2D eigenvalue weighted by Gasteiger charge is 2.32. The highest BCUT2D eigenvalue weighted by atomic mass is 35.5. The van der Waals surface area contributed by atoms with Crippen LogP contribution in [0.5, 0.6) is 0 Å². The average Bonchev–Trinajstić information content (AvgIpc) is 3.44. The Morgan fingerprint density at radius 2 is 1.90 bits per heavy atom. The Kier molecular flexibility index (Phi) is 5.50. The van der Waals surface area contributed by atoms with Gasteiger partial charge in [-0.1, -0.05) is 37.3 Å². The summed E-state index contributed by atoms with van der Waals surface area (Å²) < 4.78 is 3.66. The molecule has 0 unspecified atom stereocenters. The molecule has 0 spiro atoms. The first-order valence-electron chi connectivity index (χ1n) is 10.3. The Morgan fingerprint density at radius 3 is 2.62 bits per heavy atom. The van der Waals surface area contributed by atoms with Crippen LogP contribution in [0.4, 0.5) is 11.8 Å². The van der Waals surface area contributed by atoms with Crippen molar-refractivity contribution >= 4 is 24.2 Å². The predicted molar refractivity (Wildman–Crippen MR) is 117 cm³/mol. The molecule has 1 atom stereocenters. The van der Waals surface area contributed by atoms with Gasteiger partial charge in [0.05, 0.1) is 0 Å². The van der Waals surface area contributed by atoms with Crippen molar-refractivity contribution in [1.82, 2.24) is 19.1 Å². The molecule has 0 saturated carbocycles. The maximum Gasteiger partial charge on any atom is 0.331 e. The van der Waals surface area contributed by atoms with E-state index in [0.29, 0.717) is 18.9 Å². The number of nitrogens with one attached hydrogen (secondary N) is 1. The molecule has 4 heterocycles. The fourth-order valence-corrected chi connectivity index (χ4v) is 4.40. The number of rotatable bonds is 5. The van der Waals surface area contributed by atoms with E-state index in [1.807, 2.05) is 10.6 Å². The molecule has 4 aliphatic rings. The normalized spacial score (nSPS) is 18.0. The lowest BCUT2D eigenvalue weighted by Crippen LogP contribution is -2.32. The van der Waals surface area contributed by atoms with Crippen LogP contribution in [-0.2, 0) is 19.5 Å². The fraction of sp³-hybridized carbons (Fsp3) is 0.476. The van der Waals surface area contributed by atoms with Crippen LogP contribution in [-0.4, -0.2) is 38.2 Å². The molecule has 0 radical (unpaired) electrons. The molecular formula is C21H27ClN6O. The predicted octanol–water partition coefficient (Wildman–Crippen LogP) is 3.01. The van der Waals surface area contributed by atoms with E-state index in [1.54, 1.807) is 4.57 Å². The maximum absolute atomic E-state index is 13.2. The SMILES string of the molecule is CCCn1c2nc(N3CCCC3)nc-2c2n(c1=O)C[C@@H](Cc1ccccc1)N2.Cl. The Bertz CT molecular complexity index is 1010. The van der Waals surface area contributed by atoms with E-state index >= 15 is 0 Å². The zero-order valence-electron chi connectivity index (χ0n) is 16.7. The molecule has 0 aromatic heterocycles. The zero-order valence-corrected chi connectivity index (χ0v) is 17.5. The molecule has 1 N–H and O–H groups in total. The van der Waals surface area contributed by atoms with Crippen LogP contribution in [0.1, 0.15) is 31.7 Å². The fourth-order valence-electron chi connectivity index (χ4n) is 4.40. The molecule has 29 heavy (non-hydrogen) atoms. The summed E-state index contributed by atoms with van der Waals surface area (Å²) in [7, 11) is 0. The minimum Gasteiger partial charge on any atom is -0.365 e. The number of anilines is 2. The molecule has 5 rings (SSSR count). The summed E-state index contributed by atoms with van der Waals surface area (Å²) in [5.41, 5.74) is 2.11. The number of hydrogen-bond acceptors (Lipinski definition) is 5. The van der Waals surface area contributed by atoms with E-state index in [1.165, 1.54) is 18.4 Å². The molecule has 7 nitrogen and oxygen atoms in total. The molecule has 0 bridgehead atoms. The Hall–Kier alpha value is -2.54. The average molecular weight is 415 g/mol. The third kappa shape index (κ3) is 3.48. The summed E-state index contributed by atoms with van der Waals surface area (Å²) in [6.45, 7) is 5.40. The molecule has 1 aromatic carbocycles. The van der Waals surface area contributed by atoms with Crippen LogP contribution in [0.3, 0.4) is 0 Å². The largest absolute Gasteiger partial charge is 0.365 e. The van der Waals surface area contributed by atoms with Gasteiger partial charge in [-0.05, 0) is 31.2 Å². The van der Waals surface area contributed by atoms with E-state index in [4.69, 9.17) is 9.97 Å². The van der Waals surface area contributed by atoms with Crippen molar-refractivity contribution in [3.05, 3.63) is 46.4 Å². The standard InChI is InChI=1S/C21H26N6O.ClH/c1-2-10-26-19-17(23-20(24-19)25-11-6-7-12-25)18-22-16(14-27(18)21(26)28)13-15-8-4-3-5-9-15;/h3-5,8-9,16,22H,2,6-7,10-14H2,1H3;1H/t16-;/m1./s1. The lowest BCUT2D eigenvalue weighted by Gasteiger charge is -2.13. The number of benzene rings is 1. The maximum atomic E-state index is 13.2. The van der Waals surface area contributed by atoms with Gasteiger partial charge in [-0.15, -0.1) is 12.4 Å². The van der Waals surface area contributed by atoms with Crippen molar-refractivity contribution in [2.24, 2.45) is 0 Å². The van der Waals surface area contributed by atoms with Gasteiger partial charge >= 0.3 is 5.69 Å². The van der Waals surface area contributed by atoms with Crippen molar-refractivity contribution < 1.29 is 0 Å². The first-order valence-corrected chi connectivity index (χ1v) is 10.3. The van der Waals surface area contributed by atoms with E-state index in [0.717, 1.165) is 43.4 Å². The highest BCUT2D eigenvalue weighted by Crippen LogP contribution is 2.33. The highest BCUT2D eigenvalue weighted by molar-refractivity contribution is 5.85. The molecule has 1 aromatic rings. The zero-order chi connectivity index (χ0) is 19.1. The third-order valence-electron chi connectivity index (χ3n) is 5.75. The molecule has 4 aliphatic heterocycles. The second-order valence-corrected chi connectivity index (χ2v) is 7.81. The van der Waals surface area contributed by atoms with Crippen LogP contribution >= 0.6 is 12.4 Å². The first kappa shape index (κ1) is 19.8. The molecule has 154 valence electrons. The summed E-state index contributed by atoms with van der Waals surface area (Å²) in [6.07, 6.45) is 4.12.